The lowest BCUT2D eigenvalue weighted by Gasteiger charge is -2.34. The van der Waals surface area contributed by atoms with Crippen LogP contribution in [0, 0.1) is 0 Å². The Morgan fingerprint density at radius 2 is 2.05 bits per heavy atom. The van der Waals surface area contributed by atoms with Gasteiger partial charge in [-0.1, -0.05) is 30.2 Å². The number of nitrogens with one attached hydrogen (secondary N) is 1. The minimum Gasteiger partial charge on any atom is -0.351 e. The molecule has 1 amide bonds. The summed E-state index contributed by atoms with van der Waals surface area (Å²) in [6, 6.07) is 7.86. The van der Waals surface area contributed by atoms with Crippen molar-refractivity contribution in [3.63, 3.8) is 0 Å². The van der Waals surface area contributed by atoms with E-state index in [1.807, 2.05) is 24.3 Å². The van der Waals surface area contributed by atoms with Crippen molar-refractivity contribution in [2.45, 2.75) is 31.8 Å². The highest BCUT2D eigenvalue weighted by atomic mass is 35.5. The Kier molecular flexibility index (Phi) is 8.04. The van der Waals surface area contributed by atoms with Gasteiger partial charge in [-0.05, 0) is 37.1 Å². The molecule has 1 fully saturated rings. The van der Waals surface area contributed by atoms with Crippen LogP contribution in [0.3, 0.4) is 0 Å². The Hall–Kier alpha value is -0.810. The molecule has 6 heteroatoms. The molecule has 0 aromatic heterocycles. The second kappa shape index (κ2) is 9.26. The van der Waals surface area contributed by atoms with E-state index in [-0.39, 0.29) is 18.3 Å². The fourth-order valence-corrected chi connectivity index (χ4v) is 2.70. The largest absolute Gasteiger partial charge is 0.351 e. The van der Waals surface area contributed by atoms with Crippen molar-refractivity contribution in [2.24, 2.45) is 5.73 Å². The zero-order valence-corrected chi connectivity index (χ0v) is 13.6. The highest BCUT2D eigenvalue weighted by Gasteiger charge is 2.22. The van der Waals surface area contributed by atoms with E-state index in [2.05, 4.69) is 10.2 Å². The molecule has 0 radical (unpaired) electrons. The predicted octanol–water partition coefficient (Wildman–Crippen LogP) is 2.19. The van der Waals surface area contributed by atoms with Crippen LogP contribution in [0.2, 0.25) is 5.02 Å². The molecule has 1 unspecified atom stereocenters. The van der Waals surface area contributed by atoms with Gasteiger partial charge in [0, 0.05) is 24.2 Å². The number of likely N-dealkylation sites (tertiary alicyclic amines) is 1. The summed E-state index contributed by atoms with van der Waals surface area (Å²) in [6.07, 6.45) is 3.46. The molecule has 2 rings (SSSR count). The van der Waals surface area contributed by atoms with Gasteiger partial charge in [-0.15, -0.1) is 12.4 Å². The van der Waals surface area contributed by atoms with Crippen LogP contribution in [0.1, 0.15) is 24.8 Å². The summed E-state index contributed by atoms with van der Waals surface area (Å²) in [5.41, 5.74) is 6.82. The van der Waals surface area contributed by atoms with Crippen molar-refractivity contribution in [1.82, 2.24) is 10.2 Å². The number of nitrogens with zero attached hydrogens (tertiary/aromatic N) is 1. The Balaban J connectivity index is 0.00000220. The summed E-state index contributed by atoms with van der Waals surface area (Å²) in [7, 11) is 0. The molecule has 1 aliphatic heterocycles. The quantitative estimate of drug-likeness (QED) is 0.869. The van der Waals surface area contributed by atoms with Gasteiger partial charge in [-0.3, -0.25) is 9.69 Å². The van der Waals surface area contributed by atoms with Crippen LogP contribution >= 0.6 is 24.0 Å². The zero-order chi connectivity index (χ0) is 14.4. The zero-order valence-electron chi connectivity index (χ0n) is 12.1. The highest BCUT2D eigenvalue weighted by Crippen LogP contribution is 2.15. The highest BCUT2D eigenvalue weighted by molar-refractivity contribution is 6.30. The molecule has 1 aliphatic rings. The maximum Gasteiger partial charge on any atom is 0.234 e. The van der Waals surface area contributed by atoms with Crippen LogP contribution in [0.15, 0.2) is 24.3 Å². The lowest BCUT2D eigenvalue weighted by Crippen LogP contribution is -2.48. The molecule has 0 aliphatic carbocycles. The first-order valence-corrected chi connectivity index (χ1v) is 7.52. The first kappa shape index (κ1) is 18.2. The van der Waals surface area contributed by atoms with Gasteiger partial charge in [0.05, 0.1) is 6.54 Å². The molecule has 3 N–H and O–H groups in total. The van der Waals surface area contributed by atoms with E-state index in [4.69, 9.17) is 17.3 Å². The topological polar surface area (TPSA) is 58.4 Å². The van der Waals surface area contributed by atoms with Crippen molar-refractivity contribution >= 4 is 29.9 Å². The molecule has 0 spiro atoms. The van der Waals surface area contributed by atoms with Gasteiger partial charge in [0.25, 0.3) is 0 Å². The minimum atomic E-state index is 0. The van der Waals surface area contributed by atoms with Crippen LogP contribution in [0.25, 0.3) is 0 Å². The summed E-state index contributed by atoms with van der Waals surface area (Å²) in [6.45, 7) is 2.58. The summed E-state index contributed by atoms with van der Waals surface area (Å²) >= 11 is 5.83. The number of benzene rings is 1. The molecule has 1 heterocycles. The van der Waals surface area contributed by atoms with Gasteiger partial charge in [0.1, 0.15) is 0 Å². The number of halogens is 2. The lowest BCUT2D eigenvalue weighted by molar-refractivity contribution is -0.123. The predicted molar refractivity (Wildman–Crippen MR) is 88.8 cm³/mol. The first-order chi connectivity index (χ1) is 9.69. The number of carbonyl (C=O) groups excluding carboxylic acids is 1. The van der Waals surface area contributed by atoms with Crippen molar-refractivity contribution < 1.29 is 4.79 Å². The van der Waals surface area contributed by atoms with Gasteiger partial charge >= 0.3 is 0 Å². The summed E-state index contributed by atoms with van der Waals surface area (Å²) < 4.78 is 0. The monoisotopic (exact) mass is 331 g/mol. The molecule has 1 saturated heterocycles. The molecule has 4 nitrogen and oxygen atoms in total. The number of hydrogen-bond acceptors (Lipinski definition) is 3. The maximum atomic E-state index is 12.0. The molecule has 0 bridgehead atoms. The van der Waals surface area contributed by atoms with Crippen LogP contribution in [0.5, 0.6) is 0 Å². The first-order valence-electron chi connectivity index (χ1n) is 7.14. The van der Waals surface area contributed by atoms with Crippen LogP contribution in [-0.4, -0.2) is 36.5 Å². The lowest BCUT2D eigenvalue weighted by atomic mass is 10.0. The van der Waals surface area contributed by atoms with Crippen molar-refractivity contribution in [3.8, 4) is 0 Å². The standard InChI is InChI=1S/C15H22ClN3O.ClH/c16-13-6-4-12(5-7-13)10-18-15(20)11-19-8-2-1-3-14(19)9-17;/h4-7,14H,1-3,8-11,17H2,(H,18,20);1H. The van der Waals surface area contributed by atoms with E-state index >= 15 is 0 Å². The molecule has 1 aromatic rings. The SMILES string of the molecule is Cl.NCC1CCCCN1CC(=O)NCc1ccc(Cl)cc1. The fourth-order valence-electron chi connectivity index (χ4n) is 2.58. The van der Waals surface area contributed by atoms with Gasteiger partial charge in [-0.25, -0.2) is 0 Å². The number of carbonyl (C=O) groups is 1. The minimum absolute atomic E-state index is 0. The number of amides is 1. The van der Waals surface area contributed by atoms with Crippen LogP contribution < -0.4 is 11.1 Å². The summed E-state index contributed by atoms with van der Waals surface area (Å²) in [4.78, 5) is 14.2. The average Bonchev–Trinajstić information content (AvgIpc) is 2.47. The van der Waals surface area contributed by atoms with Gasteiger partial charge in [0.15, 0.2) is 0 Å². The molecule has 21 heavy (non-hydrogen) atoms. The second-order valence-corrected chi connectivity index (χ2v) is 5.70. The van der Waals surface area contributed by atoms with E-state index < -0.39 is 0 Å². The maximum absolute atomic E-state index is 12.0. The molecular weight excluding hydrogens is 309 g/mol. The third-order valence-corrected chi connectivity index (χ3v) is 4.02. The molecule has 118 valence electrons. The van der Waals surface area contributed by atoms with Crippen molar-refractivity contribution in [1.29, 1.82) is 0 Å². The van der Waals surface area contributed by atoms with Crippen LogP contribution in [-0.2, 0) is 11.3 Å². The number of rotatable bonds is 5. The second-order valence-electron chi connectivity index (χ2n) is 5.26. The normalized spacial score (nSPS) is 18.9. The van der Waals surface area contributed by atoms with Crippen molar-refractivity contribution in [3.05, 3.63) is 34.9 Å². The third kappa shape index (κ3) is 5.83. The fraction of sp³-hybridized carbons (Fsp3) is 0.533. The molecule has 1 aromatic carbocycles. The van der Waals surface area contributed by atoms with Crippen molar-refractivity contribution in [2.75, 3.05) is 19.6 Å². The van der Waals surface area contributed by atoms with Gasteiger partial charge in [0.2, 0.25) is 5.91 Å². The summed E-state index contributed by atoms with van der Waals surface area (Å²) in [5.74, 6) is 0.0558. The van der Waals surface area contributed by atoms with Gasteiger partial charge in [-0.2, -0.15) is 0 Å². The molecule has 1 atom stereocenters. The van der Waals surface area contributed by atoms with Crippen LogP contribution in [0.4, 0.5) is 0 Å². The third-order valence-electron chi connectivity index (χ3n) is 3.77. The van der Waals surface area contributed by atoms with E-state index in [1.54, 1.807) is 0 Å². The Bertz CT molecular complexity index is 439. The number of nitrogens with two attached hydrogens (primary N) is 1. The summed E-state index contributed by atoms with van der Waals surface area (Å²) in [5, 5.41) is 3.65. The number of hydrogen-bond donors (Lipinski definition) is 2. The average molecular weight is 332 g/mol. The Morgan fingerprint density at radius 1 is 1.33 bits per heavy atom. The van der Waals surface area contributed by atoms with Gasteiger partial charge < -0.3 is 11.1 Å². The van der Waals surface area contributed by atoms with E-state index in [0.29, 0.717) is 30.7 Å². The van der Waals surface area contributed by atoms with E-state index in [9.17, 15) is 4.79 Å². The molecule has 0 saturated carbocycles. The van der Waals surface area contributed by atoms with E-state index in [1.165, 1.54) is 6.42 Å². The Labute approximate surface area is 137 Å². The molecular formula is C15H23Cl2N3O. The van der Waals surface area contributed by atoms with E-state index in [0.717, 1.165) is 24.9 Å². The Morgan fingerprint density at radius 3 is 2.71 bits per heavy atom. The smallest absolute Gasteiger partial charge is 0.234 e. The number of piperidine rings is 1.